The van der Waals surface area contributed by atoms with Crippen LogP contribution in [0.1, 0.15) is 15.9 Å². The Hall–Kier alpha value is -3.87. The molecular formula is C23H13ClF7N3O3. The number of amides is 1. The SMILES string of the molecule is COc1ccc(NC(=O)c2ccc(Cl)nc2)cc1-c1nc2ccc(C(F)(C(F)(F)F)C(F)(F)F)cc2o1. The number of anilines is 1. The number of hydrogen-bond donors (Lipinski definition) is 1. The summed E-state index contributed by atoms with van der Waals surface area (Å²) in [7, 11) is 1.29. The second-order valence-corrected chi connectivity index (χ2v) is 7.98. The van der Waals surface area contributed by atoms with Gasteiger partial charge >= 0.3 is 18.0 Å². The predicted octanol–water partition coefficient (Wildman–Crippen LogP) is 7.09. The van der Waals surface area contributed by atoms with Gasteiger partial charge in [0.25, 0.3) is 5.91 Å². The fourth-order valence-electron chi connectivity index (χ4n) is 3.41. The van der Waals surface area contributed by atoms with Crippen molar-refractivity contribution in [2.24, 2.45) is 0 Å². The van der Waals surface area contributed by atoms with E-state index in [-0.39, 0.29) is 39.1 Å². The number of methoxy groups -OCH3 is 1. The van der Waals surface area contributed by atoms with Gasteiger partial charge in [0.05, 0.1) is 18.2 Å². The molecule has 0 saturated heterocycles. The average Bonchev–Trinajstić information content (AvgIpc) is 3.25. The van der Waals surface area contributed by atoms with Crippen molar-refractivity contribution < 1.29 is 44.7 Å². The fraction of sp³-hybridized carbons (Fsp3) is 0.174. The van der Waals surface area contributed by atoms with Gasteiger partial charge < -0.3 is 14.5 Å². The summed E-state index contributed by atoms with van der Waals surface area (Å²) < 4.78 is 104. The van der Waals surface area contributed by atoms with Crippen molar-refractivity contribution in [1.82, 2.24) is 9.97 Å². The molecule has 6 nitrogen and oxygen atoms in total. The number of alkyl halides is 7. The minimum atomic E-state index is -6.28. The molecule has 0 bridgehead atoms. The maximum atomic E-state index is 14.5. The van der Waals surface area contributed by atoms with Crippen LogP contribution in [-0.2, 0) is 5.67 Å². The number of ether oxygens (including phenoxy) is 1. The Balaban J connectivity index is 1.73. The van der Waals surface area contributed by atoms with Crippen LogP contribution in [0.2, 0.25) is 5.15 Å². The highest BCUT2D eigenvalue weighted by Crippen LogP contribution is 2.53. The number of nitrogens with zero attached hydrogens (tertiary/aromatic N) is 2. The van der Waals surface area contributed by atoms with E-state index in [2.05, 4.69) is 15.3 Å². The van der Waals surface area contributed by atoms with E-state index in [9.17, 15) is 35.5 Å². The molecule has 0 unspecified atom stereocenters. The van der Waals surface area contributed by atoms with Gasteiger partial charge in [-0.2, -0.15) is 26.3 Å². The van der Waals surface area contributed by atoms with Gasteiger partial charge in [0.2, 0.25) is 5.89 Å². The molecule has 37 heavy (non-hydrogen) atoms. The number of rotatable bonds is 5. The first kappa shape index (κ1) is 26.2. The Morgan fingerprint density at radius 3 is 2.27 bits per heavy atom. The summed E-state index contributed by atoms with van der Waals surface area (Å²) in [4.78, 5) is 20.3. The number of aromatic nitrogens is 2. The van der Waals surface area contributed by atoms with Gasteiger partial charge in [-0.3, -0.25) is 4.79 Å². The number of pyridine rings is 1. The van der Waals surface area contributed by atoms with E-state index in [0.717, 1.165) is 6.07 Å². The zero-order valence-electron chi connectivity index (χ0n) is 18.3. The summed E-state index contributed by atoms with van der Waals surface area (Å²) in [5.74, 6) is -0.666. The molecule has 2 aromatic heterocycles. The molecule has 194 valence electrons. The summed E-state index contributed by atoms with van der Waals surface area (Å²) in [6.07, 6.45) is -11.3. The summed E-state index contributed by atoms with van der Waals surface area (Å²) in [5.41, 5.74) is -7.52. The van der Waals surface area contributed by atoms with E-state index in [0.29, 0.717) is 12.1 Å². The van der Waals surface area contributed by atoms with Gasteiger partial charge in [0.1, 0.15) is 16.4 Å². The molecule has 0 atom stereocenters. The topological polar surface area (TPSA) is 77.2 Å². The number of halogens is 8. The molecule has 0 spiro atoms. The van der Waals surface area contributed by atoms with Crippen molar-refractivity contribution in [2.45, 2.75) is 18.0 Å². The van der Waals surface area contributed by atoms with Crippen LogP contribution in [0.5, 0.6) is 5.75 Å². The van der Waals surface area contributed by atoms with E-state index in [4.69, 9.17) is 20.8 Å². The maximum Gasteiger partial charge on any atom is 0.435 e. The molecule has 0 aliphatic rings. The number of hydrogen-bond acceptors (Lipinski definition) is 5. The van der Waals surface area contributed by atoms with Gasteiger partial charge in [-0.1, -0.05) is 17.7 Å². The molecule has 0 radical (unpaired) electrons. The van der Waals surface area contributed by atoms with Gasteiger partial charge in [-0.25, -0.2) is 14.4 Å². The quantitative estimate of drug-likeness (QED) is 0.213. The molecule has 14 heteroatoms. The number of fused-ring (bicyclic) bond motifs is 1. The average molecular weight is 548 g/mol. The van der Waals surface area contributed by atoms with Crippen LogP contribution in [0.4, 0.5) is 36.4 Å². The molecule has 1 amide bonds. The number of carbonyl (C=O) groups is 1. The first-order valence-electron chi connectivity index (χ1n) is 10.1. The number of benzene rings is 2. The van der Waals surface area contributed by atoms with Gasteiger partial charge in [-0.15, -0.1) is 0 Å². The molecule has 0 fully saturated rings. The lowest BCUT2D eigenvalue weighted by Gasteiger charge is -2.30. The minimum Gasteiger partial charge on any atom is -0.496 e. The molecular weight excluding hydrogens is 535 g/mol. The highest BCUT2D eigenvalue weighted by atomic mass is 35.5. The monoisotopic (exact) mass is 547 g/mol. The van der Waals surface area contributed by atoms with Crippen LogP contribution in [0.15, 0.2) is 59.1 Å². The Morgan fingerprint density at radius 1 is 0.973 bits per heavy atom. The third-order valence-corrected chi connectivity index (χ3v) is 5.47. The van der Waals surface area contributed by atoms with Crippen molar-refractivity contribution in [3.05, 3.63) is 71.0 Å². The molecule has 0 saturated carbocycles. The van der Waals surface area contributed by atoms with Gasteiger partial charge in [0, 0.05) is 17.4 Å². The first-order chi connectivity index (χ1) is 17.2. The van der Waals surface area contributed by atoms with Crippen molar-refractivity contribution in [1.29, 1.82) is 0 Å². The fourth-order valence-corrected chi connectivity index (χ4v) is 3.52. The largest absolute Gasteiger partial charge is 0.496 e. The zero-order valence-corrected chi connectivity index (χ0v) is 19.1. The molecule has 2 aromatic carbocycles. The smallest absolute Gasteiger partial charge is 0.435 e. The normalized spacial score (nSPS) is 12.6. The Bertz CT molecular complexity index is 1450. The Morgan fingerprint density at radius 2 is 1.68 bits per heavy atom. The predicted molar refractivity (Wildman–Crippen MR) is 118 cm³/mol. The summed E-state index contributed by atoms with van der Waals surface area (Å²) in [5, 5.41) is 2.77. The van der Waals surface area contributed by atoms with Crippen LogP contribution in [0.25, 0.3) is 22.6 Å². The number of nitrogens with one attached hydrogen (secondary N) is 1. The molecule has 4 rings (SSSR count). The van der Waals surface area contributed by atoms with E-state index in [1.165, 1.54) is 43.6 Å². The van der Waals surface area contributed by atoms with Crippen molar-refractivity contribution >= 4 is 34.3 Å². The third kappa shape index (κ3) is 4.78. The van der Waals surface area contributed by atoms with Crippen LogP contribution in [-0.4, -0.2) is 35.3 Å². The lowest BCUT2D eigenvalue weighted by molar-refractivity contribution is -0.348. The number of carbonyl (C=O) groups excluding carboxylic acids is 1. The Labute approximate surface area is 208 Å². The second kappa shape index (κ2) is 9.21. The lowest BCUT2D eigenvalue weighted by atomic mass is 9.94. The van der Waals surface area contributed by atoms with Gasteiger partial charge in [0.15, 0.2) is 5.58 Å². The molecule has 0 aliphatic carbocycles. The lowest BCUT2D eigenvalue weighted by Crippen LogP contribution is -2.50. The Kier molecular flexibility index (Phi) is 6.52. The van der Waals surface area contributed by atoms with Crippen LogP contribution in [0.3, 0.4) is 0 Å². The summed E-state index contributed by atoms with van der Waals surface area (Å²) in [6, 6.07) is 8.49. The van der Waals surface area contributed by atoms with Crippen LogP contribution < -0.4 is 10.1 Å². The summed E-state index contributed by atoms with van der Waals surface area (Å²) in [6.45, 7) is 0. The van der Waals surface area contributed by atoms with Crippen molar-refractivity contribution in [3.63, 3.8) is 0 Å². The van der Waals surface area contributed by atoms with Crippen LogP contribution >= 0.6 is 11.6 Å². The third-order valence-electron chi connectivity index (χ3n) is 5.24. The second-order valence-electron chi connectivity index (χ2n) is 7.59. The van der Waals surface area contributed by atoms with Crippen molar-refractivity contribution in [3.8, 4) is 17.2 Å². The van der Waals surface area contributed by atoms with E-state index in [1.54, 1.807) is 0 Å². The molecule has 0 aliphatic heterocycles. The molecule has 1 N–H and O–H groups in total. The summed E-state index contributed by atoms with van der Waals surface area (Å²) >= 11 is 5.70. The highest BCUT2D eigenvalue weighted by molar-refractivity contribution is 6.29. The highest BCUT2D eigenvalue weighted by Gasteiger charge is 2.73. The van der Waals surface area contributed by atoms with Crippen molar-refractivity contribution in [2.75, 3.05) is 12.4 Å². The molecule has 4 aromatic rings. The van der Waals surface area contributed by atoms with E-state index in [1.807, 2.05) is 0 Å². The van der Waals surface area contributed by atoms with E-state index >= 15 is 0 Å². The molecule has 2 heterocycles. The first-order valence-corrected chi connectivity index (χ1v) is 10.5. The number of oxazole rings is 1. The standard InChI is InChI=1S/C23H13ClF7N3O3/c1-36-16-6-4-13(33-19(35)11-2-7-18(24)32-10-11)9-14(16)20-34-15-5-3-12(8-17(15)37-20)21(25,22(26,27)28)23(29,30)31/h2-10H,1H3,(H,33,35). The minimum absolute atomic E-state index is 0.102. The van der Waals surface area contributed by atoms with E-state index < -0.39 is 35.1 Å². The van der Waals surface area contributed by atoms with Crippen LogP contribution in [0, 0.1) is 0 Å². The maximum absolute atomic E-state index is 14.5. The zero-order chi connectivity index (χ0) is 27.2. The van der Waals surface area contributed by atoms with Gasteiger partial charge in [-0.05, 0) is 42.5 Å².